The Morgan fingerprint density at radius 2 is 1.77 bits per heavy atom. The number of fused-ring (bicyclic) bond motifs is 1. The summed E-state index contributed by atoms with van der Waals surface area (Å²) in [6.45, 7) is 5.21. The number of para-hydroxylation sites is 2. The van der Waals surface area contributed by atoms with Crippen molar-refractivity contribution in [1.29, 1.82) is 0 Å². The minimum Gasteiger partial charge on any atom is -0.379 e. The van der Waals surface area contributed by atoms with E-state index in [2.05, 4.69) is 14.9 Å². The van der Waals surface area contributed by atoms with Crippen LogP contribution in [0.5, 0.6) is 0 Å². The third-order valence-corrected chi connectivity index (χ3v) is 7.02. The minimum atomic E-state index is -3.39. The van der Waals surface area contributed by atoms with Gasteiger partial charge in [-0.25, -0.2) is 4.98 Å². The first kappa shape index (κ1) is 17.9. The highest BCUT2D eigenvalue weighted by atomic mass is 32.2. The predicted octanol–water partition coefficient (Wildman–Crippen LogP) is 0.648. The molecule has 1 aromatic carbocycles. The van der Waals surface area contributed by atoms with E-state index >= 15 is 0 Å². The molecule has 3 heterocycles. The lowest BCUT2D eigenvalue weighted by atomic mass is 10.3. The van der Waals surface area contributed by atoms with Crippen molar-refractivity contribution in [2.45, 2.75) is 13.0 Å². The van der Waals surface area contributed by atoms with Gasteiger partial charge in [0.1, 0.15) is 5.82 Å². The molecule has 2 saturated heterocycles. The largest absolute Gasteiger partial charge is 0.379 e. The number of benzene rings is 1. The first-order valence-corrected chi connectivity index (χ1v) is 10.5. The molecule has 4 rings (SSSR count). The maximum Gasteiger partial charge on any atom is 0.282 e. The molecule has 2 aromatic rings. The monoisotopic (exact) mass is 379 g/mol. The highest BCUT2D eigenvalue weighted by molar-refractivity contribution is 7.86. The van der Waals surface area contributed by atoms with Gasteiger partial charge in [0, 0.05) is 32.7 Å². The molecule has 0 bridgehead atoms. The van der Waals surface area contributed by atoms with Crippen LogP contribution in [-0.4, -0.2) is 84.4 Å². The first-order chi connectivity index (χ1) is 12.6. The van der Waals surface area contributed by atoms with Crippen molar-refractivity contribution in [3.05, 3.63) is 30.1 Å². The minimum absolute atomic E-state index is 0.446. The molecule has 2 aliphatic rings. The van der Waals surface area contributed by atoms with E-state index in [0.717, 1.165) is 29.8 Å². The van der Waals surface area contributed by atoms with Crippen LogP contribution in [0.15, 0.2) is 24.3 Å². The molecule has 2 fully saturated rings. The smallest absolute Gasteiger partial charge is 0.282 e. The lowest BCUT2D eigenvalue weighted by molar-refractivity contribution is 0.0702. The summed E-state index contributed by atoms with van der Waals surface area (Å²) in [5, 5.41) is 0. The van der Waals surface area contributed by atoms with Crippen molar-refractivity contribution in [2.24, 2.45) is 0 Å². The Labute approximate surface area is 153 Å². The third kappa shape index (κ3) is 3.77. The fraction of sp³-hybridized carbons (Fsp3) is 0.588. The van der Waals surface area contributed by atoms with E-state index in [4.69, 9.17) is 4.74 Å². The van der Waals surface area contributed by atoms with Gasteiger partial charge in [-0.3, -0.25) is 4.90 Å². The van der Waals surface area contributed by atoms with Crippen LogP contribution >= 0.6 is 0 Å². The zero-order valence-corrected chi connectivity index (χ0v) is 15.6. The number of aromatic amines is 1. The highest BCUT2D eigenvalue weighted by Gasteiger charge is 2.32. The quantitative estimate of drug-likeness (QED) is 0.843. The van der Waals surface area contributed by atoms with E-state index in [0.29, 0.717) is 52.5 Å². The molecule has 1 aromatic heterocycles. The van der Waals surface area contributed by atoms with Gasteiger partial charge in [0.25, 0.3) is 10.2 Å². The molecule has 9 heteroatoms. The van der Waals surface area contributed by atoms with Crippen LogP contribution in [0.25, 0.3) is 11.0 Å². The van der Waals surface area contributed by atoms with E-state index in [1.807, 2.05) is 24.3 Å². The first-order valence-electron chi connectivity index (χ1n) is 9.12. The maximum absolute atomic E-state index is 12.8. The van der Waals surface area contributed by atoms with Crippen LogP contribution in [-0.2, 0) is 21.5 Å². The second-order valence-electron chi connectivity index (χ2n) is 6.75. The summed E-state index contributed by atoms with van der Waals surface area (Å²) < 4.78 is 34.1. The molecule has 26 heavy (non-hydrogen) atoms. The van der Waals surface area contributed by atoms with Crippen molar-refractivity contribution in [1.82, 2.24) is 23.5 Å². The highest BCUT2D eigenvalue weighted by Crippen LogP contribution is 2.16. The Balaban J connectivity index is 1.39. The van der Waals surface area contributed by atoms with E-state index in [-0.39, 0.29) is 0 Å². The SMILES string of the molecule is O=S(=O)(N1CCOCC1)N1CCCN(Cc2nc3ccccc3[nH]2)CC1. The lowest BCUT2D eigenvalue weighted by Gasteiger charge is -2.31. The van der Waals surface area contributed by atoms with Gasteiger partial charge in [-0.2, -0.15) is 17.0 Å². The van der Waals surface area contributed by atoms with Crippen LogP contribution in [0, 0.1) is 0 Å². The molecule has 142 valence electrons. The van der Waals surface area contributed by atoms with Crippen LogP contribution in [0.3, 0.4) is 0 Å². The Morgan fingerprint density at radius 1 is 1.00 bits per heavy atom. The van der Waals surface area contributed by atoms with Crippen LogP contribution in [0.4, 0.5) is 0 Å². The number of hydrogen-bond acceptors (Lipinski definition) is 5. The number of aromatic nitrogens is 2. The predicted molar refractivity (Wildman–Crippen MR) is 98.9 cm³/mol. The number of H-pyrrole nitrogens is 1. The topological polar surface area (TPSA) is 81.8 Å². The Bertz CT molecular complexity index is 814. The molecule has 1 N–H and O–H groups in total. The van der Waals surface area contributed by atoms with E-state index in [9.17, 15) is 8.42 Å². The number of morpholine rings is 1. The summed E-state index contributed by atoms with van der Waals surface area (Å²) in [7, 11) is -3.39. The summed E-state index contributed by atoms with van der Waals surface area (Å²) in [4.78, 5) is 10.2. The number of nitrogens with one attached hydrogen (secondary N) is 1. The average Bonchev–Trinajstić information content (AvgIpc) is 2.91. The maximum atomic E-state index is 12.8. The van der Waals surface area contributed by atoms with E-state index in [1.54, 1.807) is 8.61 Å². The Kier molecular flexibility index (Phi) is 5.23. The van der Waals surface area contributed by atoms with Crippen molar-refractivity contribution >= 4 is 21.2 Å². The third-order valence-electron chi connectivity index (χ3n) is 4.98. The van der Waals surface area contributed by atoms with E-state index in [1.165, 1.54) is 0 Å². The number of rotatable bonds is 4. The summed E-state index contributed by atoms with van der Waals surface area (Å²) in [5.41, 5.74) is 2.00. The zero-order valence-electron chi connectivity index (χ0n) is 14.8. The number of hydrogen-bond donors (Lipinski definition) is 1. The molecule has 0 atom stereocenters. The summed E-state index contributed by atoms with van der Waals surface area (Å²) in [6, 6.07) is 7.98. The molecule has 0 saturated carbocycles. The van der Waals surface area contributed by atoms with Gasteiger partial charge >= 0.3 is 0 Å². The molecular formula is C17H25N5O3S. The van der Waals surface area contributed by atoms with Crippen molar-refractivity contribution < 1.29 is 13.2 Å². The molecule has 8 nitrogen and oxygen atoms in total. The molecule has 0 aliphatic carbocycles. The molecule has 2 aliphatic heterocycles. The number of ether oxygens (including phenoxy) is 1. The Hall–Kier alpha value is -1.52. The second kappa shape index (κ2) is 7.61. The molecule has 0 unspecified atom stereocenters. The molecule has 0 radical (unpaired) electrons. The van der Waals surface area contributed by atoms with Gasteiger partial charge in [0.05, 0.1) is 30.8 Å². The van der Waals surface area contributed by atoms with Crippen LogP contribution < -0.4 is 0 Å². The number of imidazole rings is 1. The van der Waals surface area contributed by atoms with Gasteiger partial charge in [0.2, 0.25) is 0 Å². The zero-order chi connectivity index (χ0) is 18.0. The molecular weight excluding hydrogens is 354 g/mol. The fourth-order valence-electron chi connectivity index (χ4n) is 3.57. The van der Waals surface area contributed by atoms with Gasteiger partial charge in [0.15, 0.2) is 0 Å². The summed E-state index contributed by atoms with van der Waals surface area (Å²) in [5.74, 6) is 0.927. The van der Waals surface area contributed by atoms with Crippen molar-refractivity contribution in [3.8, 4) is 0 Å². The normalized spacial score (nSPS) is 21.8. The van der Waals surface area contributed by atoms with Gasteiger partial charge < -0.3 is 9.72 Å². The van der Waals surface area contributed by atoms with E-state index < -0.39 is 10.2 Å². The van der Waals surface area contributed by atoms with Gasteiger partial charge in [-0.05, 0) is 25.1 Å². The number of nitrogens with zero attached hydrogens (tertiary/aromatic N) is 4. The average molecular weight is 379 g/mol. The lowest BCUT2D eigenvalue weighted by Crippen LogP contribution is -2.49. The van der Waals surface area contributed by atoms with Gasteiger partial charge in [-0.1, -0.05) is 12.1 Å². The second-order valence-corrected chi connectivity index (χ2v) is 8.68. The Morgan fingerprint density at radius 3 is 2.58 bits per heavy atom. The van der Waals surface area contributed by atoms with Crippen LogP contribution in [0.2, 0.25) is 0 Å². The molecule has 0 amide bonds. The summed E-state index contributed by atoms with van der Waals surface area (Å²) in [6.07, 6.45) is 0.823. The molecule has 0 spiro atoms. The van der Waals surface area contributed by atoms with Crippen LogP contribution in [0.1, 0.15) is 12.2 Å². The van der Waals surface area contributed by atoms with Gasteiger partial charge in [-0.15, -0.1) is 0 Å². The fourth-order valence-corrected chi connectivity index (χ4v) is 5.18. The van der Waals surface area contributed by atoms with Crippen molar-refractivity contribution in [3.63, 3.8) is 0 Å². The van der Waals surface area contributed by atoms with Crippen molar-refractivity contribution in [2.75, 3.05) is 52.5 Å². The summed E-state index contributed by atoms with van der Waals surface area (Å²) >= 11 is 0. The standard InChI is InChI=1S/C17H25N5O3S/c23-26(24,22-10-12-25-13-11-22)21-7-3-6-20(8-9-21)14-17-18-15-4-1-2-5-16(15)19-17/h1-2,4-5H,3,6-14H2,(H,18,19).